The number of benzene rings is 1. The van der Waals surface area contributed by atoms with Crippen molar-refractivity contribution in [2.45, 2.75) is 30.8 Å². The van der Waals surface area contributed by atoms with E-state index in [2.05, 4.69) is 0 Å². The van der Waals surface area contributed by atoms with Crippen LogP contribution in [0.1, 0.15) is 24.8 Å². The van der Waals surface area contributed by atoms with Gasteiger partial charge in [0.05, 0.1) is 6.10 Å². The van der Waals surface area contributed by atoms with E-state index in [1.54, 1.807) is 0 Å². The van der Waals surface area contributed by atoms with Crippen LogP contribution in [0.25, 0.3) is 0 Å². The Morgan fingerprint density at radius 2 is 1.93 bits per heavy atom. The molecule has 1 atom stereocenters. The van der Waals surface area contributed by atoms with Gasteiger partial charge in [-0.2, -0.15) is 0 Å². The van der Waals surface area contributed by atoms with Crippen molar-refractivity contribution in [3.63, 3.8) is 0 Å². The second-order valence-corrected chi connectivity index (χ2v) is 4.70. The molecule has 0 aromatic heterocycles. The van der Waals surface area contributed by atoms with Crippen LogP contribution in [0.3, 0.4) is 0 Å². The Balaban J connectivity index is 2.30. The molecule has 0 amide bonds. The van der Waals surface area contributed by atoms with Gasteiger partial charge in [0.15, 0.2) is 0 Å². The highest BCUT2D eigenvalue weighted by atomic mass is 35.5. The Bertz CT molecular complexity index is 332. The molecule has 82 valence electrons. The van der Waals surface area contributed by atoms with Crippen LogP contribution in [-0.2, 0) is 5.41 Å². The van der Waals surface area contributed by atoms with Crippen molar-refractivity contribution < 1.29 is 5.11 Å². The first-order valence-electron chi connectivity index (χ1n) is 5.33. The molecule has 1 aromatic carbocycles. The van der Waals surface area contributed by atoms with Gasteiger partial charge >= 0.3 is 0 Å². The van der Waals surface area contributed by atoms with Gasteiger partial charge in [0, 0.05) is 17.0 Å². The summed E-state index contributed by atoms with van der Waals surface area (Å²) in [5, 5.41) is 10.7. The third kappa shape index (κ3) is 1.78. The van der Waals surface area contributed by atoms with Crippen LogP contribution >= 0.6 is 11.6 Å². The molecule has 0 aliphatic heterocycles. The van der Waals surface area contributed by atoms with Crippen LogP contribution in [0, 0.1) is 0 Å². The average molecular weight is 226 g/mol. The molecule has 0 bridgehead atoms. The zero-order chi connectivity index (χ0) is 10.9. The van der Waals surface area contributed by atoms with E-state index < -0.39 is 6.10 Å². The Hall–Kier alpha value is -0.570. The molecule has 15 heavy (non-hydrogen) atoms. The molecule has 0 saturated heterocycles. The summed E-state index contributed by atoms with van der Waals surface area (Å²) in [6, 6.07) is 7.75. The van der Waals surface area contributed by atoms with Crippen molar-refractivity contribution in [1.82, 2.24) is 0 Å². The van der Waals surface area contributed by atoms with Gasteiger partial charge in [-0.1, -0.05) is 30.2 Å². The number of aliphatic hydroxyl groups excluding tert-OH is 1. The first-order valence-corrected chi connectivity index (χ1v) is 5.71. The van der Waals surface area contributed by atoms with Crippen molar-refractivity contribution in [3.05, 3.63) is 34.9 Å². The third-order valence-corrected chi connectivity index (χ3v) is 3.78. The predicted molar refractivity (Wildman–Crippen MR) is 62.0 cm³/mol. The molecular weight excluding hydrogens is 210 g/mol. The van der Waals surface area contributed by atoms with Gasteiger partial charge in [-0.15, -0.1) is 0 Å². The normalized spacial score (nSPS) is 20.7. The predicted octanol–water partition coefficient (Wildman–Crippen LogP) is 2.08. The first kappa shape index (κ1) is 10.9. The first-order chi connectivity index (χ1) is 7.19. The van der Waals surface area contributed by atoms with E-state index in [1.165, 1.54) is 6.42 Å². The van der Waals surface area contributed by atoms with Crippen LogP contribution in [0.5, 0.6) is 0 Å². The van der Waals surface area contributed by atoms with E-state index in [9.17, 15) is 5.11 Å². The molecule has 1 unspecified atom stereocenters. The molecule has 2 nitrogen and oxygen atoms in total. The van der Waals surface area contributed by atoms with Crippen LogP contribution < -0.4 is 5.73 Å². The summed E-state index contributed by atoms with van der Waals surface area (Å²) < 4.78 is 0. The van der Waals surface area contributed by atoms with E-state index in [4.69, 9.17) is 17.3 Å². The molecular formula is C12H16ClNO. The Labute approximate surface area is 95.1 Å². The third-order valence-electron chi connectivity index (χ3n) is 3.53. The van der Waals surface area contributed by atoms with Crippen molar-refractivity contribution in [3.8, 4) is 0 Å². The summed E-state index contributed by atoms with van der Waals surface area (Å²) in [5.41, 5.74) is 6.61. The highest BCUT2D eigenvalue weighted by Crippen LogP contribution is 2.46. The van der Waals surface area contributed by atoms with Crippen LogP contribution in [-0.4, -0.2) is 17.8 Å². The Morgan fingerprint density at radius 1 is 1.33 bits per heavy atom. The van der Waals surface area contributed by atoms with E-state index in [1.807, 2.05) is 24.3 Å². The number of rotatable bonds is 3. The van der Waals surface area contributed by atoms with Crippen LogP contribution in [0.4, 0.5) is 0 Å². The lowest BCUT2D eigenvalue weighted by Crippen LogP contribution is -2.48. The molecule has 3 N–H and O–H groups in total. The molecule has 0 heterocycles. The fraction of sp³-hybridized carbons (Fsp3) is 0.500. The summed E-state index contributed by atoms with van der Waals surface area (Å²) in [5.74, 6) is 0. The quantitative estimate of drug-likeness (QED) is 0.828. The van der Waals surface area contributed by atoms with Gasteiger partial charge in [0.25, 0.3) is 0 Å². The summed E-state index contributed by atoms with van der Waals surface area (Å²) in [6.45, 7) is 0.322. The average Bonchev–Trinajstić information content (AvgIpc) is 2.19. The zero-order valence-electron chi connectivity index (χ0n) is 8.62. The molecule has 1 saturated carbocycles. The molecule has 0 spiro atoms. The van der Waals surface area contributed by atoms with Crippen molar-refractivity contribution >= 4 is 11.6 Å². The highest BCUT2D eigenvalue weighted by molar-refractivity contribution is 6.30. The highest BCUT2D eigenvalue weighted by Gasteiger charge is 2.44. The smallest absolute Gasteiger partial charge is 0.0758 e. The van der Waals surface area contributed by atoms with E-state index in [0.717, 1.165) is 23.4 Å². The maximum atomic E-state index is 9.99. The van der Waals surface area contributed by atoms with Crippen LogP contribution in [0.2, 0.25) is 5.02 Å². The maximum Gasteiger partial charge on any atom is 0.0758 e. The zero-order valence-corrected chi connectivity index (χ0v) is 9.37. The van der Waals surface area contributed by atoms with Crippen LogP contribution in [0.15, 0.2) is 24.3 Å². The second kappa shape index (κ2) is 4.12. The number of hydrogen-bond donors (Lipinski definition) is 2. The van der Waals surface area contributed by atoms with E-state index >= 15 is 0 Å². The standard InChI is InChI=1S/C12H16ClNO/c13-10-4-2-9(3-5-10)12(6-1-7-12)11(15)8-14/h2-5,11,15H,1,6-8,14H2. The molecule has 3 heteroatoms. The summed E-state index contributed by atoms with van der Waals surface area (Å²) >= 11 is 5.85. The van der Waals surface area contributed by atoms with Gasteiger partial charge < -0.3 is 10.8 Å². The molecule has 1 fully saturated rings. The summed E-state index contributed by atoms with van der Waals surface area (Å²) in [6.07, 6.45) is 2.77. The largest absolute Gasteiger partial charge is 0.391 e. The van der Waals surface area contributed by atoms with Gasteiger partial charge in [-0.25, -0.2) is 0 Å². The second-order valence-electron chi connectivity index (χ2n) is 4.27. The van der Waals surface area contributed by atoms with Gasteiger partial charge in [0.2, 0.25) is 0 Å². The summed E-state index contributed by atoms with van der Waals surface area (Å²) in [7, 11) is 0. The maximum absolute atomic E-state index is 9.99. The summed E-state index contributed by atoms with van der Waals surface area (Å²) in [4.78, 5) is 0. The fourth-order valence-electron chi connectivity index (χ4n) is 2.38. The Kier molecular flexibility index (Phi) is 3.01. The molecule has 2 rings (SSSR count). The number of hydrogen-bond acceptors (Lipinski definition) is 2. The molecule has 1 aliphatic carbocycles. The lowest BCUT2D eigenvalue weighted by Gasteiger charge is -2.45. The monoisotopic (exact) mass is 225 g/mol. The minimum atomic E-state index is -0.438. The minimum absolute atomic E-state index is 0.112. The lowest BCUT2D eigenvalue weighted by atomic mass is 9.61. The minimum Gasteiger partial charge on any atom is -0.391 e. The topological polar surface area (TPSA) is 46.2 Å². The van der Waals surface area contributed by atoms with Gasteiger partial charge in [-0.3, -0.25) is 0 Å². The van der Waals surface area contributed by atoms with Gasteiger partial charge in [0.1, 0.15) is 0 Å². The molecule has 1 aliphatic rings. The Morgan fingerprint density at radius 3 is 2.33 bits per heavy atom. The number of nitrogens with two attached hydrogens (primary N) is 1. The fourth-order valence-corrected chi connectivity index (χ4v) is 2.51. The van der Waals surface area contributed by atoms with Crippen molar-refractivity contribution in [1.29, 1.82) is 0 Å². The number of halogens is 1. The van der Waals surface area contributed by atoms with Crippen molar-refractivity contribution in [2.75, 3.05) is 6.54 Å². The lowest BCUT2D eigenvalue weighted by molar-refractivity contribution is 0.0347. The van der Waals surface area contributed by atoms with Crippen molar-refractivity contribution in [2.24, 2.45) is 5.73 Å². The number of aliphatic hydroxyl groups is 1. The van der Waals surface area contributed by atoms with E-state index in [0.29, 0.717) is 6.54 Å². The SMILES string of the molecule is NCC(O)C1(c2ccc(Cl)cc2)CCC1. The van der Waals surface area contributed by atoms with E-state index in [-0.39, 0.29) is 5.41 Å². The molecule has 0 radical (unpaired) electrons. The molecule has 1 aromatic rings. The van der Waals surface area contributed by atoms with Gasteiger partial charge in [-0.05, 0) is 30.5 Å².